The van der Waals surface area contributed by atoms with E-state index in [0.717, 1.165) is 5.56 Å². The van der Waals surface area contributed by atoms with Crippen LogP contribution in [0.25, 0.3) is 10.2 Å². The van der Waals surface area contributed by atoms with Crippen LogP contribution in [0.4, 0.5) is 0 Å². The molecule has 2 aromatic heterocycles. The molecule has 0 aliphatic rings. The highest BCUT2D eigenvalue weighted by atomic mass is 32.2. The van der Waals surface area contributed by atoms with Crippen LogP contribution in [0, 0.1) is 13.8 Å². The molecule has 1 aromatic carbocycles. The Morgan fingerprint density at radius 3 is 2.78 bits per heavy atom. The molecule has 3 rings (SSSR count). The van der Waals surface area contributed by atoms with E-state index in [1.807, 2.05) is 43.5 Å². The van der Waals surface area contributed by atoms with Crippen molar-refractivity contribution in [3.8, 4) is 0 Å². The van der Waals surface area contributed by atoms with Gasteiger partial charge in [-0.15, -0.1) is 11.3 Å². The molecule has 0 saturated heterocycles. The average molecular weight is 344 g/mol. The second kappa shape index (κ2) is 6.29. The van der Waals surface area contributed by atoms with E-state index in [-0.39, 0.29) is 17.1 Å². The standard InChI is InChI=1S/C17H16N2O2S2/c1-10-4-5-12(8-11(10)2)14(20)9-23-17-18-13-6-7-22-15(13)16(21)19(17)3/h4-8H,9H2,1-3H3. The van der Waals surface area contributed by atoms with Crippen molar-refractivity contribution >= 4 is 39.1 Å². The lowest BCUT2D eigenvalue weighted by Crippen LogP contribution is -2.19. The molecular weight excluding hydrogens is 328 g/mol. The highest BCUT2D eigenvalue weighted by molar-refractivity contribution is 7.99. The van der Waals surface area contributed by atoms with E-state index in [0.29, 0.717) is 20.9 Å². The number of nitrogens with zero attached hydrogens (tertiary/aromatic N) is 2. The molecule has 0 atom stereocenters. The molecule has 3 aromatic rings. The van der Waals surface area contributed by atoms with Gasteiger partial charge in [-0.25, -0.2) is 4.98 Å². The first-order valence-electron chi connectivity index (χ1n) is 7.15. The molecule has 0 amide bonds. The fraction of sp³-hybridized carbons (Fsp3) is 0.235. The van der Waals surface area contributed by atoms with Gasteiger partial charge in [0.15, 0.2) is 10.9 Å². The summed E-state index contributed by atoms with van der Waals surface area (Å²) >= 11 is 2.69. The number of aryl methyl sites for hydroxylation is 2. The minimum absolute atomic E-state index is 0.0396. The largest absolute Gasteiger partial charge is 0.293 e. The van der Waals surface area contributed by atoms with Crippen molar-refractivity contribution in [2.24, 2.45) is 7.05 Å². The van der Waals surface area contributed by atoms with Crippen LogP contribution in [-0.4, -0.2) is 21.1 Å². The molecule has 0 spiro atoms. The first-order chi connectivity index (χ1) is 11.0. The lowest BCUT2D eigenvalue weighted by Gasteiger charge is -2.07. The molecule has 23 heavy (non-hydrogen) atoms. The van der Waals surface area contributed by atoms with Gasteiger partial charge >= 0.3 is 0 Å². The predicted molar refractivity (Wildman–Crippen MR) is 95.8 cm³/mol. The number of hydrogen-bond acceptors (Lipinski definition) is 5. The predicted octanol–water partition coefficient (Wildman–Crippen LogP) is 3.59. The van der Waals surface area contributed by atoms with Crippen LogP contribution in [-0.2, 0) is 7.05 Å². The number of hydrogen-bond donors (Lipinski definition) is 0. The smallest absolute Gasteiger partial charge is 0.271 e. The maximum atomic E-state index is 12.4. The zero-order chi connectivity index (χ0) is 16.6. The number of thioether (sulfide) groups is 1. The summed E-state index contributed by atoms with van der Waals surface area (Å²) in [4.78, 5) is 29.1. The van der Waals surface area contributed by atoms with E-state index >= 15 is 0 Å². The Morgan fingerprint density at radius 2 is 2.04 bits per heavy atom. The number of aromatic nitrogens is 2. The van der Waals surface area contributed by atoms with Crippen molar-refractivity contribution in [1.82, 2.24) is 9.55 Å². The van der Waals surface area contributed by atoms with E-state index in [4.69, 9.17) is 0 Å². The summed E-state index contributed by atoms with van der Waals surface area (Å²) in [5.74, 6) is 0.302. The third kappa shape index (κ3) is 3.09. The molecule has 0 saturated carbocycles. The van der Waals surface area contributed by atoms with Gasteiger partial charge < -0.3 is 0 Å². The first kappa shape index (κ1) is 16.0. The SMILES string of the molecule is Cc1ccc(C(=O)CSc2nc3ccsc3c(=O)n2C)cc1C. The molecule has 0 radical (unpaired) electrons. The van der Waals surface area contributed by atoms with Crippen molar-refractivity contribution < 1.29 is 4.79 Å². The van der Waals surface area contributed by atoms with Crippen LogP contribution in [0.1, 0.15) is 21.5 Å². The van der Waals surface area contributed by atoms with Crippen LogP contribution in [0.2, 0.25) is 0 Å². The summed E-state index contributed by atoms with van der Waals surface area (Å²) in [5, 5.41) is 2.42. The quantitative estimate of drug-likeness (QED) is 0.412. The van der Waals surface area contributed by atoms with Crippen LogP contribution < -0.4 is 5.56 Å². The third-order valence-corrected chi connectivity index (χ3v) is 5.73. The summed E-state index contributed by atoms with van der Waals surface area (Å²) in [7, 11) is 1.69. The number of Topliss-reactive ketones (excluding diaryl/α,β-unsaturated/α-hetero) is 1. The van der Waals surface area contributed by atoms with E-state index in [9.17, 15) is 9.59 Å². The third-order valence-electron chi connectivity index (χ3n) is 3.81. The topological polar surface area (TPSA) is 52.0 Å². The molecule has 0 aliphatic carbocycles. The van der Waals surface area contributed by atoms with Gasteiger partial charge in [-0.1, -0.05) is 23.9 Å². The maximum Gasteiger partial charge on any atom is 0.271 e. The first-order valence-corrected chi connectivity index (χ1v) is 9.01. The average Bonchev–Trinajstić information content (AvgIpc) is 3.00. The molecule has 0 unspecified atom stereocenters. The highest BCUT2D eigenvalue weighted by Gasteiger charge is 2.13. The van der Waals surface area contributed by atoms with Crippen molar-refractivity contribution in [3.05, 3.63) is 56.7 Å². The maximum absolute atomic E-state index is 12.4. The van der Waals surface area contributed by atoms with E-state index in [2.05, 4.69) is 4.98 Å². The Morgan fingerprint density at radius 1 is 1.26 bits per heavy atom. The van der Waals surface area contributed by atoms with Gasteiger partial charge in [-0.05, 0) is 42.5 Å². The second-order valence-corrected chi connectivity index (χ2v) is 7.26. The van der Waals surface area contributed by atoms with Crippen molar-refractivity contribution in [2.75, 3.05) is 5.75 Å². The Labute approximate surface area is 142 Å². The number of fused-ring (bicyclic) bond motifs is 1. The Balaban J connectivity index is 1.82. The van der Waals surface area contributed by atoms with Gasteiger partial charge in [0.2, 0.25) is 0 Å². The zero-order valence-electron chi connectivity index (χ0n) is 13.1. The van der Waals surface area contributed by atoms with Gasteiger partial charge in [0.25, 0.3) is 5.56 Å². The molecule has 0 aliphatic heterocycles. The van der Waals surface area contributed by atoms with Gasteiger partial charge in [0, 0.05) is 12.6 Å². The normalized spacial score (nSPS) is 11.1. The van der Waals surface area contributed by atoms with Crippen LogP contribution >= 0.6 is 23.1 Å². The van der Waals surface area contributed by atoms with Gasteiger partial charge in [0.1, 0.15) is 4.70 Å². The number of benzene rings is 1. The molecule has 0 bridgehead atoms. The molecule has 2 heterocycles. The van der Waals surface area contributed by atoms with Crippen molar-refractivity contribution in [3.63, 3.8) is 0 Å². The lowest BCUT2D eigenvalue weighted by atomic mass is 10.0. The fourth-order valence-electron chi connectivity index (χ4n) is 2.23. The number of ketones is 1. The molecule has 4 nitrogen and oxygen atoms in total. The van der Waals surface area contributed by atoms with E-state index in [1.54, 1.807) is 7.05 Å². The minimum atomic E-state index is -0.0638. The Bertz CT molecular complexity index is 957. The van der Waals surface area contributed by atoms with Crippen LogP contribution in [0.5, 0.6) is 0 Å². The summed E-state index contributed by atoms with van der Waals surface area (Å²) in [6.45, 7) is 4.02. The van der Waals surface area contributed by atoms with Gasteiger partial charge in [-0.3, -0.25) is 14.2 Å². The van der Waals surface area contributed by atoms with Crippen LogP contribution in [0.3, 0.4) is 0 Å². The minimum Gasteiger partial charge on any atom is -0.293 e. The van der Waals surface area contributed by atoms with Gasteiger partial charge in [-0.2, -0.15) is 0 Å². The molecular formula is C17H16N2O2S2. The monoisotopic (exact) mass is 344 g/mol. The lowest BCUT2D eigenvalue weighted by molar-refractivity contribution is 0.102. The summed E-state index contributed by atoms with van der Waals surface area (Å²) in [6, 6.07) is 7.54. The molecule has 0 fully saturated rings. The number of carbonyl (C=O) groups excluding carboxylic acids is 1. The molecule has 0 N–H and O–H groups in total. The van der Waals surface area contributed by atoms with Crippen molar-refractivity contribution in [2.45, 2.75) is 19.0 Å². The van der Waals surface area contributed by atoms with E-state index in [1.165, 1.54) is 33.2 Å². The van der Waals surface area contributed by atoms with Crippen LogP contribution in [0.15, 0.2) is 39.6 Å². The highest BCUT2D eigenvalue weighted by Crippen LogP contribution is 2.21. The molecule has 118 valence electrons. The number of rotatable bonds is 4. The van der Waals surface area contributed by atoms with Gasteiger partial charge in [0.05, 0.1) is 11.3 Å². The number of carbonyl (C=O) groups is 1. The Kier molecular flexibility index (Phi) is 4.37. The zero-order valence-corrected chi connectivity index (χ0v) is 14.8. The molecule has 6 heteroatoms. The second-order valence-electron chi connectivity index (χ2n) is 5.40. The van der Waals surface area contributed by atoms with E-state index < -0.39 is 0 Å². The fourth-order valence-corrected chi connectivity index (χ4v) is 3.90. The summed E-state index contributed by atoms with van der Waals surface area (Å²) < 4.78 is 2.16. The van der Waals surface area contributed by atoms with Crippen molar-refractivity contribution in [1.29, 1.82) is 0 Å². The summed E-state index contributed by atoms with van der Waals surface area (Å²) in [6.07, 6.45) is 0. The summed E-state index contributed by atoms with van der Waals surface area (Å²) in [5.41, 5.74) is 3.60. The number of thiophene rings is 1. The Hall–Kier alpha value is -1.92.